The van der Waals surface area contributed by atoms with Crippen molar-refractivity contribution in [1.82, 2.24) is 5.32 Å². The number of carboxylic acids is 1. The maximum absolute atomic E-state index is 11.7. The van der Waals surface area contributed by atoms with Crippen LogP contribution in [0.25, 0.3) is 0 Å². The minimum Gasteiger partial charge on any atom is -0.726 e. The van der Waals surface area contributed by atoms with Crippen molar-refractivity contribution in [2.24, 2.45) is 0 Å². The van der Waals surface area contributed by atoms with Crippen molar-refractivity contribution in [2.45, 2.75) is 68.3 Å². The first-order valence-corrected chi connectivity index (χ1v) is 10.8. The van der Waals surface area contributed by atoms with Gasteiger partial charge in [-0.1, -0.05) is 0 Å². The van der Waals surface area contributed by atoms with E-state index in [1.807, 2.05) is 0 Å². The van der Waals surface area contributed by atoms with E-state index in [4.69, 9.17) is 23.7 Å². The molecule has 0 bridgehead atoms. The van der Waals surface area contributed by atoms with E-state index in [0.717, 1.165) is 21.1 Å². The van der Waals surface area contributed by atoms with Crippen LogP contribution >= 0.6 is 0 Å². The molecule has 1 amide bonds. The van der Waals surface area contributed by atoms with Crippen molar-refractivity contribution >= 4 is 22.3 Å². The number of carbonyl (C=O) groups is 2. The Hall–Kier alpha value is -0.510. The quantitative estimate of drug-likeness (QED) is 0.106. The molecule has 34 heavy (non-hydrogen) atoms. The maximum atomic E-state index is 11.7. The van der Waals surface area contributed by atoms with Crippen molar-refractivity contribution in [1.29, 1.82) is 0 Å². The Kier molecular flexibility index (Phi) is 12.2. The first-order chi connectivity index (χ1) is 15.3. The summed E-state index contributed by atoms with van der Waals surface area (Å²) in [6.45, 7) is 0.198. The third-order valence-corrected chi connectivity index (χ3v) is 5.47. The summed E-state index contributed by atoms with van der Waals surface area (Å²) in [5, 5.41) is 41.9. The van der Waals surface area contributed by atoms with Gasteiger partial charge in [0, 0.05) is 21.1 Å². The van der Waals surface area contributed by atoms with Crippen molar-refractivity contribution in [2.75, 3.05) is 20.8 Å². The number of rotatable bonds is 9. The Balaban J connectivity index is 0.00000578. The Morgan fingerprint density at radius 3 is 2.09 bits per heavy atom. The molecule has 0 radical (unpaired) electrons. The maximum Gasteiger partial charge on any atom is 1.00 e. The van der Waals surface area contributed by atoms with Crippen LogP contribution in [0.3, 0.4) is 0 Å². The van der Waals surface area contributed by atoms with Crippen LogP contribution in [-0.2, 0) is 47.9 Å². The number of hydrogen-bond acceptors (Lipinski definition) is 14. The van der Waals surface area contributed by atoms with E-state index in [0.29, 0.717) is 0 Å². The predicted molar refractivity (Wildman–Crippen MR) is 98.9 cm³/mol. The molecule has 18 heteroatoms. The van der Waals surface area contributed by atoms with Gasteiger partial charge in [-0.05, 0) is 0 Å². The second-order valence-corrected chi connectivity index (χ2v) is 8.21. The Labute approximate surface area is 216 Å². The van der Waals surface area contributed by atoms with E-state index in [1.165, 1.54) is 0 Å². The molecule has 0 spiro atoms. The molecule has 192 valence electrons. The summed E-state index contributed by atoms with van der Waals surface area (Å²) in [6.07, 6.45) is -15.5. The second-order valence-electron chi connectivity index (χ2n) is 7.20. The van der Waals surface area contributed by atoms with Crippen LogP contribution in [0.15, 0.2) is 0 Å². The third kappa shape index (κ3) is 7.50. The van der Waals surface area contributed by atoms with Crippen LogP contribution in [0.1, 0.15) is 6.92 Å². The zero-order valence-electron chi connectivity index (χ0n) is 18.7. The number of nitrogens with one attached hydrogen (secondary N) is 1. The van der Waals surface area contributed by atoms with Crippen LogP contribution in [-0.4, -0.2) is 127 Å². The molecule has 0 aromatic carbocycles. The fourth-order valence-corrected chi connectivity index (χ4v) is 4.14. The van der Waals surface area contributed by atoms with Crippen LogP contribution in [0.5, 0.6) is 0 Å². The van der Waals surface area contributed by atoms with Crippen LogP contribution < -0.4 is 34.9 Å². The van der Waals surface area contributed by atoms with E-state index in [-0.39, 0.29) is 29.6 Å². The summed E-state index contributed by atoms with van der Waals surface area (Å²) >= 11 is 0. The zero-order valence-corrected chi connectivity index (χ0v) is 21.5. The molecular formula is C16H26NNaO15S. The molecule has 2 heterocycles. The van der Waals surface area contributed by atoms with Crippen LogP contribution in [0, 0.1) is 0 Å². The van der Waals surface area contributed by atoms with Gasteiger partial charge in [-0.3, -0.25) is 8.98 Å². The average Bonchev–Trinajstić information content (AvgIpc) is 2.70. The van der Waals surface area contributed by atoms with E-state index in [9.17, 15) is 43.0 Å². The van der Waals surface area contributed by atoms with Crippen molar-refractivity contribution < 1.29 is 100 Å². The van der Waals surface area contributed by atoms with E-state index in [2.05, 4.69) is 9.50 Å². The van der Waals surface area contributed by atoms with Crippen molar-refractivity contribution in [3.05, 3.63) is 0 Å². The smallest absolute Gasteiger partial charge is 0.726 e. The van der Waals surface area contributed by atoms with Gasteiger partial charge in [0.1, 0.15) is 42.7 Å². The van der Waals surface area contributed by atoms with Gasteiger partial charge in [-0.25, -0.2) is 13.2 Å². The molecule has 10 unspecified atom stereocenters. The van der Waals surface area contributed by atoms with Gasteiger partial charge in [-0.2, -0.15) is 0 Å². The van der Waals surface area contributed by atoms with E-state index >= 15 is 0 Å². The standard InChI is InChI=1S/C16H27NO15S.Na/c1-5(19)17-7-11(10(32-33(24,25)26)6(4-18)29-15(7)28-3)30-16-9(21)12(27-2)8(20)13(31-16)14(22)23;/h6-13,15-16,18,20-21H,4H2,1-3H3,(H,17,19)(H,22,23)(H,24,25,26);/q;+1/p-1. The number of aliphatic carboxylic acids is 1. The molecule has 0 aromatic heterocycles. The normalized spacial score (nSPS) is 38.6. The van der Waals surface area contributed by atoms with Gasteiger partial charge in [0.05, 0.1) is 6.61 Å². The third-order valence-electron chi connectivity index (χ3n) is 5.01. The molecule has 0 aromatic rings. The van der Waals surface area contributed by atoms with Crippen LogP contribution in [0.2, 0.25) is 0 Å². The Morgan fingerprint density at radius 1 is 1.03 bits per heavy atom. The number of carboxylic acid groups (broad SMARTS) is 1. The molecule has 0 aliphatic carbocycles. The molecule has 2 aliphatic rings. The molecule has 2 rings (SSSR count). The molecular weight excluding hydrogens is 501 g/mol. The summed E-state index contributed by atoms with van der Waals surface area (Å²) in [4.78, 5) is 23.2. The minimum absolute atomic E-state index is 0. The first kappa shape index (κ1) is 31.5. The molecule has 0 saturated carbocycles. The number of ether oxygens (including phenoxy) is 5. The van der Waals surface area contributed by atoms with Gasteiger partial charge < -0.3 is 54.0 Å². The van der Waals surface area contributed by atoms with Gasteiger partial charge in [0.2, 0.25) is 16.3 Å². The van der Waals surface area contributed by atoms with E-state index in [1.54, 1.807) is 0 Å². The van der Waals surface area contributed by atoms with Gasteiger partial charge >= 0.3 is 35.5 Å². The molecule has 10 atom stereocenters. The molecule has 2 saturated heterocycles. The van der Waals surface area contributed by atoms with Crippen LogP contribution in [0.4, 0.5) is 0 Å². The number of aliphatic hydroxyl groups is 3. The summed E-state index contributed by atoms with van der Waals surface area (Å²) in [5.74, 6) is -2.31. The molecule has 2 aliphatic heterocycles. The minimum atomic E-state index is -5.42. The fourth-order valence-electron chi connectivity index (χ4n) is 3.64. The van der Waals surface area contributed by atoms with Gasteiger partial charge in [0.15, 0.2) is 18.7 Å². The van der Waals surface area contributed by atoms with Gasteiger partial charge in [0.25, 0.3) is 0 Å². The first-order valence-electron chi connectivity index (χ1n) is 9.47. The molecule has 16 nitrogen and oxygen atoms in total. The summed E-state index contributed by atoms with van der Waals surface area (Å²) in [5.41, 5.74) is 0. The summed E-state index contributed by atoms with van der Waals surface area (Å²) in [7, 11) is -3.19. The molecule has 5 N–H and O–H groups in total. The summed E-state index contributed by atoms with van der Waals surface area (Å²) < 4.78 is 64.6. The topological polar surface area (TPSA) is 240 Å². The zero-order chi connectivity index (χ0) is 25.1. The number of methoxy groups -OCH3 is 2. The monoisotopic (exact) mass is 527 g/mol. The van der Waals surface area contributed by atoms with Crippen molar-refractivity contribution in [3.8, 4) is 0 Å². The van der Waals surface area contributed by atoms with Crippen molar-refractivity contribution in [3.63, 3.8) is 0 Å². The largest absolute Gasteiger partial charge is 1.00 e. The summed E-state index contributed by atoms with van der Waals surface area (Å²) in [6, 6.07) is -1.39. The van der Waals surface area contributed by atoms with E-state index < -0.39 is 90.2 Å². The number of hydrogen-bond donors (Lipinski definition) is 5. The predicted octanol–water partition coefficient (Wildman–Crippen LogP) is -7.36. The number of aliphatic hydroxyl groups excluding tert-OH is 3. The number of amides is 1. The molecule has 2 fully saturated rings. The fraction of sp³-hybridized carbons (Fsp3) is 0.875. The Bertz CT molecular complexity index is 799. The number of carbonyl (C=O) groups excluding carboxylic acids is 1. The Morgan fingerprint density at radius 2 is 1.65 bits per heavy atom. The second kappa shape index (κ2) is 13.2. The SMILES string of the molecule is COC1OC(CO)C(OS(=O)(=O)[O-])C(OC2OC(C(=O)O)C(O)C(OC)C2O)C1NC(C)=O.[Na+]. The average molecular weight is 527 g/mol. The van der Waals surface area contributed by atoms with Gasteiger partial charge in [-0.15, -0.1) is 0 Å².